The van der Waals surface area contributed by atoms with E-state index in [1.54, 1.807) is 24.2 Å². The van der Waals surface area contributed by atoms with Crippen molar-refractivity contribution in [2.24, 2.45) is 0 Å². The van der Waals surface area contributed by atoms with E-state index in [0.717, 1.165) is 25.1 Å². The maximum absolute atomic E-state index is 11.9. The molecule has 1 fully saturated rings. The Labute approximate surface area is 112 Å². The summed E-state index contributed by atoms with van der Waals surface area (Å²) in [4.78, 5) is 17.8. The molecule has 18 heavy (non-hydrogen) atoms. The molecule has 1 amide bonds. The van der Waals surface area contributed by atoms with E-state index in [9.17, 15) is 4.79 Å². The largest absolute Gasteiger partial charge is 0.382 e. The Balaban J connectivity index is 1.95. The van der Waals surface area contributed by atoms with E-state index in [1.807, 2.05) is 24.0 Å². The highest BCUT2D eigenvalue weighted by Crippen LogP contribution is 2.38. The highest BCUT2D eigenvalue weighted by atomic mass is 32.2. The molecule has 1 atom stereocenters. The first-order chi connectivity index (χ1) is 8.83. The van der Waals surface area contributed by atoms with E-state index >= 15 is 0 Å². The third kappa shape index (κ3) is 3.23. The van der Waals surface area contributed by atoms with Crippen molar-refractivity contribution in [3.8, 4) is 0 Å². The van der Waals surface area contributed by atoms with E-state index in [-0.39, 0.29) is 11.3 Å². The molecular formula is C13H18N2O2S. The number of hydrogen-bond acceptors (Lipinski definition) is 4. The van der Waals surface area contributed by atoms with E-state index < -0.39 is 0 Å². The quantitative estimate of drug-likeness (QED) is 0.739. The average molecular weight is 266 g/mol. The standard InChI is InChI=1S/C13H18N2O2S/c1-2-17-9-3-8-15-12(16)10-18-13(15)11-4-6-14-7-5-11/h4-7,13H,2-3,8-10H2,1H3. The van der Waals surface area contributed by atoms with Gasteiger partial charge in [-0.1, -0.05) is 0 Å². The van der Waals surface area contributed by atoms with Crippen LogP contribution in [0.25, 0.3) is 0 Å². The van der Waals surface area contributed by atoms with Gasteiger partial charge in [0, 0.05) is 32.2 Å². The predicted octanol–water partition coefficient (Wildman–Crippen LogP) is 2.08. The lowest BCUT2D eigenvalue weighted by atomic mass is 10.2. The maximum Gasteiger partial charge on any atom is 0.233 e. The average Bonchev–Trinajstić information content (AvgIpc) is 2.77. The first-order valence-electron chi connectivity index (χ1n) is 6.21. The number of rotatable bonds is 6. The minimum atomic E-state index is 0.141. The van der Waals surface area contributed by atoms with Crippen LogP contribution in [0.5, 0.6) is 0 Å². The van der Waals surface area contributed by atoms with Gasteiger partial charge in [-0.2, -0.15) is 0 Å². The molecule has 4 nitrogen and oxygen atoms in total. The summed E-state index contributed by atoms with van der Waals surface area (Å²) in [5.41, 5.74) is 1.15. The molecule has 5 heteroatoms. The number of carbonyl (C=O) groups is 1. The smallest absolute Gasteiger partial charge is 0.233 e. The summed E-state index contributed by atoms with van der Waals surface area (Å²) in [5, 5.41) is 0.141. The second-order valence-electron chi connectivity index (χ2n) is 4.08. The Morgan fingerprint density at radius 2 is 2.28 bits per heavy atom. The second-order valence-corrected chi connectivity index (χ2v) is 5.15. The minimum Gasteiger partial charge on any atom is -0.382 e. The summed E-state index contributed by atoms with van der Waals surface area (Å²) in [5.74, 6) is 0.792. The summed E-state index contributed by atoms with van der Waals surface area (Å²) < 4.78 is 5.31. The van der Waals surface area contributed by atoms with Gasteiger partial charge < -0.3 is 9.64 Å². The van der Waals surface area contributed by atoms with Crippen LogP contribution in [0.3, 0.4) is 0 Å². The van der Waals surface area contributed by atoms with Crippen LogP contribution in [0.15, 0.2) is 24.5 Å². The van der Waals surface area contributed by atoms with Gasteiger partial charge in [0.2, 0.25) is 5.91 Å². The fourth-order valence-electron chi connectivity index (χ4n) is 1.98. The van der Waals surface area contributed by atoms with E-state index in [4.69, 9.17) is 4.74 Å². The molecule has 0 saturated carbocycles. The maximum atomic E-state index is 11.9. The van der Waals surface area contributed by atoms with Crippen LogP contribution >= 0.6 is 11.8 Å². The van der Waals surface area contributed by atoms with Crippen LogP contribution in [0.2, 0.25) is 0 Å². The SMILES string of the molecule is CCOCCCN1C(=O)CSC1c1ccncc1. The first kappa shape index (κ1) is 13.4. The van der Waals surface area contributed by atoms with Gasteiger partial charge in [0.15, 0.2) is 0 Å². The zero-order chi connectivity index (χ0) is 12.8. The van der Waals surface area contributed by atoms with Crippen molar-refractivity contribution in [3.63, 3.8) is 0 Å². The molecule has 2 rings (SSSR count). The number of ether oxygens (including phenoxy) is 1. The third-order valence-electron chi connectivity index (χ3n) is 2.85. The van der Waals surface area contributed by atoms with Gasteiger partial charge >= 0.3 is 0 Å². The Morgan fingerprint density at radius 3 is 3.00 bits per heavy atom. The number of nitrogens with zero attached hydrogens (tertiary/aromatic N) is 2. The highest BCUT2D eigenvalue weighted by molar-refractivity contribution is 8.00. The van der Waals surface area contributed by atoms with Gasteiger partial charge in [0.25, 0.3) is 0 Å². The van der Waals surface area contributed by atoms with Crippen molar-refractivity contribution < 1.29 is 9.53 Å². The first-order valence-corrected chi connectivity index (χ1v) is 7.26. The van der Waals surface area contributed by atoms with Crippen LogP contribution in [-0.4, -0.2) is 41.3 Å². The number of amides is 1. The Morgan fingerprint density at radius 1 is 1.50 bits per heavy atom. The van der Waals surface area contributed by atoms with Gasteiger partial charge in [-0.3, -0.25) is 9.78 Å². The molecule has 1 aliphatic heterocycles. The summed E-state index contributed by atoms with van der Waals surface area (Å²) in [7, 11) is 0. The summed E-state index contributed by atoms with van der Waals surface area (Å²) >= 11 is 1.68. The van der Waals surface area contributed by atoms with Crippen molar-refractivity contribution >= 4 is 17.7 Å². The van der Waals surface area contributed by atoms with Crippen LogP contribution in [0.4, 0.5) is 0 Å². The van der Waals surface area contributed by atoms with Crippen LogP contribution < -0.4 is 0 Å². The molecule has 0 aliphatic carbocycles. The molecule has 1 aromatic heterocycles. The molecular weight excluding hydrogens is 248 g/mol. The van der Waals surface area contributed by atoms with E-state index in [0.29, 0.717) is 12.4 Å². The fraction of sp³-hybridized carbons (Fsp3) is 0.538. The summed E-state index contributed by atoms with van der Waals surface area (Å²) in [6, 6.07) is 3.96. The molecule has 0 spiro atoms. The predicted molar refractivity (Wildman–Crippen MR) is 72.3 cm³/mol. The zero-order valence-corrected chi connectivity index (χ0v) is 11.4. The molecule has 0 bridgehead atoms. The monoisotopic (exact) mass is 266 g/mol. The van der Waals surface area contributed by atoms with Crippen molar-refractivity contribution in [3.05, 3.63) is 30.1 Å². The highest BCUT2D eigenvalue weighted by Gasteiger charge is 2.32. The van der Waals surface area contributed by atoms with Crippen molar-refractivity contribution in [2.45, 2.75) is 18.7 Å². The molecule has 0 radical (unpaired) electrons. The molecule has 0 N–H and O–H groups in total. The van der Waals surface area contributed by atoms with Crippen molar-refractivity contribution in [2.75, 3.05) is 25.5 Å². The topological polar surface area (TPSA) is 42.4 Å². The van der Waals surface area contributed by atoms with Gasteiger partial charge in [0.05, 0.1) is 5.75 Å². The van der Waals surface area contributed by atoms with Gasteiger partial charge in [-0.05, 0) is 31.0 Å². The van der Waals surface area contributed by atoms with Gasteiger partial charge in [-0.25, -0.2) is 0 Å². The Bertz CT molecular complexity index is 386. The molecule has 1 aliphatic rings. The molecule has 2 heterocycles. The van der Waals surface area contributed by atoms with Crippen molar-refractivity contribution in [1.29, 1.82) is 0 Å². The van der Waals surface area contributed by atoms with Gasteiger partial charge in [0.1, 0.15) is 5.37 Å². The Kier molecular flexibility index (Phi) is 5.01. The zero-order valence-electron chi connectivity index (χ0n) is 10.5. The summed E-state index contributed by atoms with van der Waals surface area (Å²) in [6.07, 6.45) is 4.44. The summed E-state index contributed by atoms with van der Waals surface area (Å²) in [6.45, 7) is 4.19. The lowest BCUT2D eigenvalue weighted by Crippen LogP contribution is -2.29. The van der Waals surface area contributed by atoms with E-state index in [2.05, 4.69) is 4.98 Å². The second kappa shape index (κ2) is 6.75. The number of aromatic nitrogens is 1. The number of pyridine rings is 1. The van der Waals surface area contributed by atoms with Crippen molar-refractivity contribution in [1.82, 2.24) is 9.88 Å². The normalized spacial score (nSPS) is 19.5. The van der Waals surface area contributed by atoms with Crippen LogP contribution in [0.1, 0.15) is 24.3 Å². The lowest BCUT2D eigenvalue weighted by molar-refractivity contribution is -0.128. The van der Waals surface area contributed by atoms with E-state index in [1.165, 1.54) is 0 Å². The third-order valence-corrected chi connectivity index (χ3v) is 4.11. The minimum absolute atomic E-state index is 0.141. The molecule has 1 unspecified atom stereocenters. The molecule has 98 valence electrons. The fourth-order valence-corrected chi connectivity index (χ4v) is 3.20. The number of carbonyl (C=O) groups excluding carboxylic acids is 1. The lowest BCUT2D eigenvalue weighted by Gasteiger charge is -2.24. The number of hydrogen-bond donors (Lipinski definition) is 0. The molecule has 1 saturated heterocycles. The van der Waals surface area contributed by atoms with Gasteiger partial charge in [-0.15, -0.1) is 11.8 Å². The molecule has 0 aromatic carbocycles. The Hall–Kier alpha value is -1.07. The molecule has 1 aromatic rings. The van der Waals surface area contributed by atoms with Crippen LogP contribution in [-0.2, 0) is 9.53 Å². The number of thioether (sulfide) groups is 1. The van der Waals surface area contributed by atoms with Crippen LogP contribution in [0, 0.1) is 0 Å².